The van der Waals surface area contributed by atoms with E-state index in [9.17, 15) is 9.59 Å². The molecule has 2 aromatic carbocycles. The molecule has 1 aliphatic rings. The zero-order valence-corrected chi connectivity index (χ0v) is 19.8. The summed E-state index contributed by atoms with van der Waals surface area (Å²) in [5.41, 5.74) is 8.05. The van der Waals surface area contributed by atoms with Crippen LogP contribution in [0.2, 0.25) is 5.02 Å². The molecule has 32 heavy (non-hydrogen) atoms. The van der Waals surface area contributed by atoms with Gasteiger partial charge in [0, 0.05) is 49.9 Å². The Bertz CT molecular complexity index is 995. The van der Waals surface area contributed by atoms with Crippen molar-refractivity contribution in [2.75, 3.05) is 39.0 Å². The fourth-order valence-corrected chi connectivity index (χ4v) is 3.83. The summed E-state index contributed by atoms with van der Waals surface area (Å²) in [4.78, 5) is 29.6. The number of carbonyl (C=O) groups excluding carboxylic acids is 2. The van der Waals surface area contributed by atoms with E-state index >= 15 is 0 Å². The van der Waals surface area contributed by atoms with Gasteiger partial charge in [0.25, 0.3) is 11.8 Å². The summed E-state index contributed by atoms with van der Waals surface area (Å²) in [5.74, 6) is 0.222. The van der Waals surface area contributed by atoms with E-state index in [-0.39, 0.29) is 17.4 Å². The normalized spacial score (nSPS) is 14.8. The van der Waals surface area contributed by atoms with Gasteiger partial charge >= 0.3 is 0 Å². The molecule has 0 spiro atoms. The number of amides is 2. The van der Waals surface area contributed by atoms with Gasteiger partial charge in [-0.2, -0.15) is 0 Å². The van der Waals surface area contributed by atoms with Crippen molar-refractivity contribution in [1.29, 1.82) is 0 Å². The zero-order valence-electron chi connectivity index (χ0n) is 19.1. The van der Waals surface area contributed by atoms with Crippen LogP contribution in [0.5, 0.6) is 5.75 Å². The van der Waals surface area contributed by atoms with Crippen LogP contribution in [-0.4, -0.2) is 60.4 Å². The molecule has 0 aromatic heterocycles. The number of nitrogens with two attached hydrogens (primary N) is 1. The highest BCUT2D eigenvalue weighted by Crippen LogP contribution is 2.30. The second-order valence-corrected chi connectivity index (χ2v) is 9.45. The molecule has 7 nitrogen and oxygen atoms in total. The van der Waals surface area contributed by atoms with Crippen LogP contribution in [0.25, 0.3) is 0 Å². The van der Waals surface area contributed by atoms with Crippen molar-refractivity contribution in [3.63, 3.8) is 0 Å². The standard InChI is InChI=1S/C24H31ClN4O3/c1-24(2,3)27-22(30)17-7-5-6-16(12-17)15-28-8-10-29(11-9-28)23(31)18-13-19(25)20(26)14-21(18)32-4/h5-7,12-14H,8-11,15,26H2,1-4H3,(H,27,30). The molecule has 0 unspecified atom stereocenters. The lowest BCUT2D eigenvalue weighted by molar-refractivity contribution is 0.0625. The average molecular weight is 459 g/mol. The Labute approximate surface area is 194 Å². The van der Waals surface area contributed by atoms with Crippen molar-refractivity contribution in [3.8, 4) is 5.75 Å². The van der Waals surface area contributed by atoms with Crippen molar-refractivity contribution in [2.45, 2.75) is 32.9 Å². The number of ether oxygens (including phenoxy) is 1. The smallest absolute Gasteiger partial charge is 0.257 e. The first-order valence-corrected chi connectivity index (χ1v) is 11.0. The third-order valence-corrected chi connectivity index (χ3v) is 5.62. The van der Waals surface area contributed by atoms with Gasteiger partial charge in [-0.1, -0.05) is 23.7 Å². The zero-order chi connectivity index (χ0) is 23.5. The quantitative estimate of drug-likeness (QED) is 0.670. The molecule has 8 heteroatoms. The van der Waals surface area contributed by atoms with Gasteiger partial charge in [0.05, 0.1) is 23.4 Å². The molecule has 3 N–H and O–H groups in total. The van der Waals surface area contributed by atoms with E-state index in [2.05, 4.69) is 10.2 Å². The minimum Gasteiger partial charge on any atom is -0.496 e. The molecule has 172 valence electrons. The number of nitrogen functional groups attached to an aromatic ring is 1. The minimum absolute atomic E-state index is 0.0779. The second kappa shape index (κ2) is 9.79. The van der Waals surface area contributed by atoms with Crippen LogP contribution >= 0.6 is 11.6 Å². The van der Waals surface area contributed by atoms with Gasteiger partial charge in [0.2, 0.25) is 0 Å². The van der Waals surface area contributed by atoms with Crippen LogP contribution in [0.1, 0.15) is 47.1 Å². The molecule has 1 fully saturated rings. The molecule has 0 atom stereocenters. The van der Waals surface area contributed by atoms with Crippen LogP contribution in [0.3, 0.4) is 0 Å². The summed E-state index contributed by atoms with van der Waals surface area (Å²) >= 11 is 6.12. The molecule has 0 radical (unpaired) electrons. The fourth-order valence-electron chi connectivity index (χ4n) is 3.67. The predicted octanol–water partition coefficient (Wildman–Crippen LogP) is 3.42. The summed E-state index contributed by atoms with van der Waals surface area (Å²) in [5, 5.41) is 3.33. The Hall–Kier alpha value is -2.77. The van der Waals surface area contributed by atoms with Crippen LogP contribution in [-0.2, 0) is 6.54 Å². The number of nitrogens with one attached hydrogen (secondary N) is 1. The number of nitrogens with zero attached hydrogens (tertiary/aromatic N) is 2. The van der Waals surface area contributed by atoms with Crippen LogP contribution in [0.15, 0.2) is 36.4 Å². The summed E-state index contributed by atoms with van der Waals surface area (Å²) in [6, 6.07) is 10.8. The van der Waals surface area contributed by atoms with Crippen LogP contribution in [0, 0.1) is 0 Å². The number of halogens is 1. The van der Waals surface area contributed by atoms with Gasteiger partial charge < -0.3 is 20.7 Å². The first-order chi connectivity index (χ1) is 15.1. The van der Waals surface area contributed by atoms with Gasteiger partial charge in [-0.3, -0.25) is 14.5 Å². The molecule has 1 heterocycles. The largest absolute Gasteiger partial charge is 0.496 e. The second-order valence-electron chi connectivity index (χ2n) is 9.05. The molecule has 2 aromatic rings. The van der Waals surface area contributed by atoms with Gasteiger partial charge in [0.15, 0.2) is 0 Å². The third-order valence-electron chi connectivity index (χ3n) is 5.29. The summed E-state index contributed by atoms with van der Waals surface area (Å²) in [7, 11) is 1.51. The minimum atomic E-state index is -0.284. The topological polar surface area (TPSA) is 87.9 Å². The van der Waals surface area contributed by atoms with E-state index in [0.29, 0.717) is 40.7 Å². The molecule has 1 aliphatic heterocycles. The maximum Gasteiger partial charge on any atom is 0.257 e. The summed E-state index contributed by atoms with van der Waals surface area (Å²) in [6.45, 7) is 9.25. The Morgan fingerprint density at radius 2 is 1.81 bits per heavy atom. The first kappa shape index (κ1) is 23.9. The van der Waals surface area contributed by atoms with Crippen molar-refractivity contribution < 1.29 is 14.3 Å². The monoisotopic (exact) mass is 458 g/mol. The van der Waals surface area contributed by atoms with Crippen molar-refractivity contribution in [1.82, 2.24) is 15.1 Å². The Morgan fingerprint density at radius 1 is 1.12 bits per heavy atom. The van der Waals surface area contributed by atoms with Gasteiger partial charge in [-0.25, -0.2) is 0 Å². The van der Waals surface area contributed by atoms with Gasteiger partial charge in [-0.15, -0.1) is 0 Å². The summed E-state index contributed by atoms with van der Waals surface area (Å²) < 4.78 is 5.32. The van der Waals surface area contributed by atoms with Crippen molar-refractivity contribution in [3.05, 3.63) is 58.1 Å². The molecule has 1 saturated heterocycles. The van der Waals surface area contributed by atoms with E-state index in [1.807, 2.05) is 45.0 Å². The lowest BCUT2D eigenvalue weighted by atomic mass is 10.1. The summed E-state index contributed by atoms with van der Waals surface area (Å²) in [6.07, 6.45) is 0. The SMILES string of the molecule is COc1cc(N)c(Cl)cc1C(=O)N1CCN(Cc2cccc(C(=O)NC(C)(C)C)c2)CC1. The lowest BCUT2D eigenvalue weighted by Crippen LogP contribution is -2.48. The molecule has 2 amide bonds. The van der Waals surface area contributed by atoms with Gasteiger partial charge in [-0.05, 0) is 44.5 Å². The average Bonchev–Trinajstić information content (AvgIpc) is 2.74. The van der Waals surface area contributed by atoms with Gasteiger partial charge in [0.1, 0.15) is 5.75 Å². The van der Waals surface area contributed by atoms with E-state index in [0.717, 1.165) is 25.2 Å². The molecule has 0 bridgehead atoms. The fraction of sp³-hybridized carbons (Fsp3) is 0.417. The maximum atomic E-state index is 13.0. The number of benzene rings is 2. The number of hydrogen-bond acceptors (Lipinski definition) is 5. The Balaban J connectivity index is 1.61. The highest BCUT2D eigenvalue weighted by Gasteiger charge is 2.25. The molecule has 3 rings (SSSR count). The number of anilines is 1. The van der Waals surface area contributed by atoms with E-state index < -0.39 is 0 Å². The molecule has 0 aliphatic carbocycles. The number of piperazine rings is 1. The van der Waals surface area contributed by atoms with Crippen LogP contribution in [0.4, 0.5) is 5.69 Å². The van der Waals surface area contributed by atoms with Crippen molar-refractivity contribution >= 4 is 29.1 Å². The highest BCUT2D eigenvalue weighted by atomic mass is 35.5. The number of carbonyl (C=O) groups is 2. The number of hydrogen-bond donors (Lipinski definition) is 2. The van der Waals surface area contributed by atoms with E-state index in [1.54, 1.807) is 17.0 Å². The Morgan fingerprint density at radius 3 is 2.44 bits per heavy atom. The number of rotatable bonds is 5. The third kappa shape index (κ3) is 5.93. The first-order valence-electron chi connectivity index (χ1n) is 10.6. The lowest BCUT2D eigenvalue weighted by Gasteiger charge is -2.35. The predicted molar refractivity (Wildman–Crippen MR) is 127 cm³/mol. The Kier molecular flexibility index (Phi) is 7.31. The van der Waals surface area contributed by atoms with Crippen LogP contribution < -0.4 is 15.8 Å². The highest BCUT2D eigenvalue weighted by molar-refractivity contribution is 6.33. The molecular formula is C24H31ClN4O3. The molecule has 0 saturated carbocycles. The maximum absolute atomic E-state index is 13.0. The van der Waals surface area contributed by atoms with E-state index in [1.165, 1.54) is 7.11 Å². The van der Waals surface area contributed by atoms with E-state index in [4.69, 9.17) is 22.1 Å². The van der Waals surface area contributed by atoms with Crippen molar-refractivity contribution in [2.24, 2.45) is 0 Å². The molecular weight excluding hydrogens is 428 g/mol. The number of methoxy groups -OCH3 is 1.